The summed E-state index contributed by atoms with van der Waals surface area (Å²) in [5, 5.41) is 17.0. The molecular weight excluding hydrogens is 415 g/mol. The lowest BCUT2D eigenvalue weighted by Gasteiger charge is -2.32. The minimum Gasteiger partial charge on any atom is -0.476 e. The van der Waals surface area contributed by atoms with E-state index in [1.54, 1.807) is 24.3 Å². The summed E-state index contributed by atoms with van der Waals surface area (Å²) in [4.78, 5) is 38.9. The third-order valence-electron chi connectivity index (χ3n) is 7.26. The molecule has 3 aliphatic rings. The monoisotopic (exact) mass is 442 g/mol. The minimum absolute atomic E-state index is 0.0182. The van der Waals surface area contributed by atoms with E-state index in [2.05, 4.69) is 10.4 Å². The zero-order valence-electron chi connectivity index (χ0n) is 17.8. The van der Waals surface area contributed by atoms with E-state index in [1.807, 2.05) is 0 Å². The highest BCUT2D eigenvalue weighted by atomic mass is 19.1. The number of amides is 2. The lowest BCUT2D eigenvalue weighted by Crippen LogP contribution is -2.50. The van der Waals surface area contributed by atoms with Crippen LogP contribution in [0.15, 0.2) is 24.3 Å². The van der Waals surface area contributed by atoms with Crippen molar-refractivity contribution in [2.24, 2.45) is 5.41 Å². The first-order valence-electron chi connectivity index (χ1n) is 11.3. The predicted octanol–water partition coefficient (Wildman–Crippen LogP) is 2.51. The van der Waals surface area contributed by atoms with Crippen LogP contribution in [0.25, 0.3) is 10.9 Å². The maximum atomic E-state index is 14.3. The number of hydrogen-bond acceptors (Lipinski definition) is 4. The number of carbonyl (C=O) groups is 3. The van der Waals surface area contributed by atoms with Crippen molar-refractivity contribution in [3.05, 3.63) is 30.0 Å². The lowest BCUT2D eigenvalue weighted by atomic mass is 9.83. The van der Waals surface area contributed by atoms with Crippen molar-refractivity contribution in [3.63, 3.8) is 0 Å². The summed E-state index contributed by atoms with van der Waals surface area (Å²) in [7, 11) is 0. The van der Waals surface area contributed by atoms with Crippen LogP contribution >= 0.6 is 0 Å². The second-order valence-corrected chi connectivity index (χ2v) is 9.53. The van der Waals surface area contributed by atoms with Crippen molar-refractivity contribution in [1.82, 2.24) is 20.0 Å². The standard InChI is InChI=1S/C23H27FN4O4/c24-14-10-18(21(30)25-15-4-3-7-23(11-15)8-9-23)27(12-14)19(29)13-28-17-6-2-1-5-16(17)20(26-28)22(31)32/h1-2,5-6,14-15,18H,3-4,7-13H2,(H,25,30)(H,31,32)/t14-,15?,18+/m1/s1. The largest absolute Gasteiger partial charge is 0.476 e. The Morgan fingerprint density at radius 2 is 2.00 bits per heavy atom. The third-order valence-corrected chi connectivity index (χ3v) is 7.26. The Balaban J connectivity index is 1.31. The first-order chi connectivity index (χ1) is 15.3. The predicted molar refractivity (Wildman–Crippen MR) is 114 cm³/mol. The average molecular weight is 442 g/mol. The molecule has 32 heavy (non-hydrogen) atoms. The topological polar surface area (TPSA) is 105 Å². The summed E-state index contributed by atoms with van der Waals surface area (Å²) in [6.45, 7) is -0.395. The molecule has 0 bridgehead atoms. The molecule has 1 spiro atoms. The number of carboxylic acid groups (broad SMARTS) is 1. The summed E-state index contributed by atoms with van der Waals surface area (Å²) in [5.74, 6) is -1.92. The van der Waals surface area contributed by atoms with Crippen LogP contribution in [0.5, 0.6) is 0 Å². The molecule has 8 nitrogen and oxygen atoms in total. The van der Waals surface area contributed by atoms with E-state index < -0.39 is 24.1 Å². The van der Waals surface area contributed by atoms with E-state index >= 15 is 0 Å². The number of carboxylic acids is 1. The van der Waals surface area contributed by atoms with E-state index in [0.717, 1.165) is 19.3 Å². The Morgan fingerprint density at radius 3 is 2.75 bits per heavy atom. The summed E-state index contributed by atoms with van der Waals surface area (Å²) < 4.78 is 15.6. The third kappa shape index (κ3) is 3.84. The molecule has 170 valence electrons. The number of aromatic nitrogens is 2. The van der Waals surface area contributed by atoms with Crippen molar-refractivity contribution in [2.45, 2.75) is 69.7 Å². The van der Waals surface area contributed by atoms with Crippen molar-refractivity contribution in [3.8, 4) is 0 Å². The lowest BCUT2D eigenvalue weighted by molar-refractivity contribution is -0.139. The van der Waals surface area contributed by atoms with E-state index in [1.165, 1.54) is 28.8 Å². The summed E-state index contributed by atoms with van der Waals surface area (Å²) in [6.07, 6.45) is 5.35. The first kappa shape index (κ1) is 20.9. The highest BCUT2D eigenvalue weighted by Gasteiger charge is 2.47. The molecular formula is C23H27FN4O4. The molecule has 5 rings (SSSR count). The number of aromatic carboxylic acids is 1. The molecule has 1 unspecified atom stereocenters. The van der Waals surface area contributed by atoms with Gasteiger partial charge in [0.25, 0.3) is 0 Å². The van der Waals surface area contributed by atoms with E-state index in [0.29, 0.717) is 16.3 Å². The number of hydrogen-bond donors (Lipinski definition) is 2. The molecule has 2 heterocycles. The normalized spacial score (nSPS) is 26.4. The van der Waals surface area contributed by atoms with Gasteiger partial charge in [-0.3, -0.25) is 14.3 Å². The fourth-order valence-electron chi connectivity index (χ4n) is 5.44. The van der Waals surface area contributed by atoms with Crippen LogP contribution in [0.4, 0.5) is 4.39 Å². The number of alkyl halides is 1. The zero-order valence-corrected chi connectivity index (χ0v) is 17.8. The zero-order chi connectivity index (χ0) is 22.5. The number of nitrogens with one attached hydrogen (secondary N) is 1. The SMILES string of the molecule is O=C(O)c1nn(CC(=O)N2C[C@H](F)C[C@H]2C(=O)NC2CCCC3(CC3)C2)c2ccccc12. The molecule has 1 aliphatic heterocycles. The van der Waals surface area contributed by atoms with Gasteiger partial charge in [0, 0.05) is 17.8 Å². The number of benzene rings is 1. The number of likely N-dealkylation sites (tertiary alicyclic amines) is 1. The minimum atomic E-state index is -1.26. The molecule has 2 amide bonds. The number of para-hydroxylation sites is 1. The smallest absolute Gasteiger partial charge is 0.357 e. The molecule has 1 aromatic heterocycles. The quantitative estimate of drug-likeness (QED) is 0.741. The van der Waals surface area contributed by atoms with Crippen molar-refractivity contribution in [1.29, 1.82) is 0 Å². The summed E-state index contributed by atoms with van der Waals surface area (Å²) in [6, 6.07) is 5.99. The molecule has 1 aromatic carbocycles. The summed E-state index contributed by atoms with van der Waals surface area (Å²) in [5.41, 5.74) is 0.762. The maximum Gasteiger partial charge on any atom is 0.357 e. The molecule has 9 heteroatoms. The van der Waals surface area contributed by atoms with Crippen LogP contribution in [0.3, 0.4) is 0 Å². The Labute approximate surface area is 184 Å². The number of nitrogens with zero attached hydrogens (tertiary/aromatic N) is 3. The van der Waals surface area contributed by atoms with Gasteiger partial charge < -0.3 is 15.3 Å². The van der Waals surface area contributed by atoms with E-state index in [-0.39, 0.29) is 37.2 Å². The molecule has 1 saturated heterocycles. The number of fused-ring (bicyclic) bond motifs is 1. The molecule has 2 aromatic rings. The fraction of sp³-hybridized carbons (Fsp3) is 0.565. The highest BCUT2D eigenvalue weighted by molar-refractivity contribution is 6.01. The van der Waals surface area contributed by atoms with Crippen molar-refractivity contribution >= 4 is 28.7 Å². The maximum absolute atomic E-state index is 14.3. The van der Waals surface area contributed by atoms with Crippen molar-refractivity contribution in [2.75, 3.05) is 6.54 Å². The van der Waals surface area contributed by atoms with Gasteiger partial charge in [0.15, 0.2) is 5.69 Å². The summed E-state index contributed by atoms with van der Waals surface area (Å²) >= 11 is 0. The Bertz CT molecular complexity index is 1080. The van der Waals surface area contributed by atoms with Gasteiger partial charge in [-0.25, -0.2) is 9.18 Å². The molecule has 3 atom stereocenters. The van der Waals surface area contributed by atoms with Crippen LogP contribution < -0.4 is 5.32 Å². The Hall–Kier alpha value is -2.97. The van der Waals surface area contributed by atoms with Gasteiger partial charge in [-0.05, 0) is 43.6 Å². The average Bonchev–Trinajstić information content (AvgIpc) is 3.21. The number of rotatable bonds is 5. The molecule has 2 saturated carbocycles. The fourth-order valence-corrected chi connectivity index (χ4v) is 5.44. The molecule has 2 N–H and O–H groups in total. The van der Waals surface area contributed by atoms with Crippen LogP contribution in [0.2, 0.25) is 0 Å². The first-order valence-corrected chi connectivity index (χ1v) is 11.3. The molecule has 3 fully saturated rings. The van der Waals surface area contributed by atoms with Gasteiger partial charge in [0.1, 0.15) is 18.8 Å². The van der Waals surface area contributed by atoms with E-state index in [4.69, 9.17) is 0 Å². The molecule has 2 aliphatic carbocycles. The van der Waals surface area contributed by atoms with Gasteiger partial charge in [-0.1, -0.05) is 24.6 Å². The number of halogens is 1. The second-order valence-electron chi connectivity index (χ2n) is 9.53. The Kier molecular flexibility index (Phi) is 5.14. The van der Waals surface area contributed by atoms with Gasteiger partial charge in [-0.15, -0.1) is 0 Å². The Morgan fingerprint density at radius 1 is 1.22 bits per heavy atom. The second kappa shape index (κ2) is 7.86. The molecule has 0 radical (unpaired) electrons. The number of carbonyl (C=O) groups excluding carboxylic acids is 2. The van der Waals surface area contributed by atoms with E-state index in [9.17, 15) is 23.9 Å². The van der Waals surface area contributed by atoms with Gasteiger partial charge in [-0.2, -0.15) is 5.10 Å². The van der Waals surface area contributed by atoms with Gasteiger partial charge >= 0.3 is 5.97 Å². The van der Waals surface area contributed by atoms with Gasteiger partial charge in [0.05, 0.1) is 12.1 Å². The van der Waals surface area contributed by atoms with Gasteiger partial charge in [0.2, 0.25) is 11.8 Å². The van der Waals surface area contributed by atoms with Crippen LogP contribution in [0.1, 0.15) is 55.4 Å². The van der Waals surface area contributed by atoms with Crippen LogP contribution in [0, 0.1) is 5.41 Å². The van der Waals surface area contributed by atoms with Crippen LogP contribution in [-0.2, 0) is 16.1 Å². The van der Waals surface area contributed by atoms with Crippen molar-refractivity contribution < 1.29 is 23.9 Å². The highest BCUT2D eigenvalue weighted by Crippen LogP contribution is 2.56. The van der Waals surface area contributed by atoms with Crippen LogP contribution in [-0.4, -0.2) is 62.4 Å².